The Morgan fingerprint density at radius 2 is 1.79 bits per heavy atom. The molecule has 19 heavy (non-hydrogen) atoms. The maximum atomic E-state index is 13.0. The Labute approximate surface area is 110 Å². The van der Waals surface area contributed by atoms with E-state index in [1.165, 1.54) is 13.0 Å². The van der Waals surface area contributed by atoms with E-state index in [2.05, 4.69) is 10.6 Å². The average molecular weight is 270 g/mol. The Kier molecular flexibility index (Phi) is 4.97. The van der Waals surface area contributed by atoms with Crippen LogP contribution < -0.4 is 10.6 Å². The molecule has 0 heterocycles. The summed E-state index contributed by atoms with van der Waals surface area (Å²) < 4.78 is 25.8. The highest BCUT2D eigenvalue weighted by molar-refractivity contribution is 5.97. The zero-order chi connectivity index (χ0) is 14.6. The Morgan fingerprint density at radius 3 is 2.26 bits per heavy atom. The van der Waals surface area contributed by atoms with Gasteiger partial charge < -0.3 is 10.6 Å². The summed E-state index contributed by atoms with van der Waals surface area (Å²) in [6.45, 7) is 4.84. The fourth-order valence-electron chi connectivity index (χ4n) is 1.55. The highest BCUT2D eigenvalue weighted by atomic mass is 19.2. The van der Waals surface area contributed by atoms with Crippen molar-refractivity contribution >= 4 is 17.5 Å². The number of carbonyl (C=O) groups excluding carboxylic acids is 2. The molecule has 0 bridgehead atoms. The molecule has 1 rings (SSSR count). The van der Waals surface area contributed by atoms with E-state index >= 15 is 0 Å². The van der Waals surface area contributed by atoms with Crippen molar-refractivity contribution in [2.45, 2.75) is 26.8 Å². The number of hydrogen-bond acceptors (Lipinski definition) is 2. The first kappa shape index (κ1) is 15.1. The van der Waals surface area contributed by atoms with E-state index in [1.807, 2.05) is 0 Å². The summed E-state index contributed by atoms with van der Waals surface area (Å²) in [4.78, 5) is 23.0. The normalized spacial score (nSPS) is 12.1. The van der Waals surface area contributed by atoms with Gasteiger partial charge in [-0.15, -0.1) is 0 Å². The van der Waals surface area contributed by atoms with E-state index in [0.717, 1.165) is 12.1 Å². The van der Waals surface area contributed by atoms with Gasteiger partial charge in [0.2, 0.25) is 11.8 Å². The quantitative estimate of drug-likeness (QED) is 0.880. The Balaban J connectivity index is 2.81. The van der Waals surface area contributed by atoms with Crippen molar-refractivity contribution in [1.29, 1.82) is 0 Å². The van der Waals surface area contributed by atoms with Gasteiger partial charge in [0, 0.05) is 18.7 Å². The first-order chi connectivity index (χ1) is 8.81. The lowest BCUT2D eigenvalue weighted by molar-refractivity contribution is -0.126. The summed E-state index contributed by atoms with van der Waals surface area (Å²) in [5, 5.41) is 4.94. The van der Waals surface area contributed by atoms with E-state index in [9.17, 15) is 18.4 Å². The SMILES string of the molecule is CC(=O)N[C@H](C(=O)Nc1ccc(F)c(F)c1)C(C)C. The van der Waals surface area contributed by atoms with Gasteiger partial charge in [-0.3, -0.25) is 9.59 Å². The highest BCUT2D eigenvalue weighted by Gasteiger charge is 2.23. The van der Waals surface area contributed by atoms with Crippen molar-refractivity contribution in [3.63, 3.8) is 0 Å². The fraction of sp³-hybridized carbons (Fsp3) is 0.385. The second-order valence-electron chi connectivity index (χ2n) is 4.54. The monoisotopic (exact) mass is 270 g/mol. The molecule has 2 amide bonds. The predicted molar refractivity (Wildman–Crippen MR) is 67.4 cm³/mol. The molecule has 0 aliphatic rings. The molecule has 0 saturated carbocycles. The topological polar surface area (TPSA) is 58.2 Å². The minimum absolute atomic E-state index is 0.130. The lowest BCUT2D eigenvalue weighted by Gasteiger charge is -2.20. The average Bonchev–Trinajstić information content (AvgIpc) is 2.30. The van der Waals surface area contributed by atoms with Gasteiger partial charge in [-0.1, -0.05) is 13.8 Å². The molecule has 0 saturated heterocycles. The van der Waals surface area contributed by atoms with Crippen LogP contribution in [-0.2, 0) is 9.59 Å². The Morgan fingerprint density at radius 1 is 1.16 bits per heavy atom. The van der Waals surface area contributed by atoms with Crippen LogP contribution in [0.2, 0.25) is 0 Å². The van der Waals surface area contributed by atoms with Crippen LogP contribution in [-0.4, -0.2) is 17.9 Å². The molecule has 0 spiro atoms. The first-order valence-corrected chi connectivity index (χ1v) is 5.84. The molecule has 0 aliphatic heterocycles. The molecule has 1 aromatic rings. The molecule has 4 nitrogen and oxygen atoms in total. The molecule has 1 aromatic carbocycles. The smallest absolute Gasteiger partial charge is 0.247 e. The number of hydrogen-bond donors (Lipinski definition) is 2. The zero-order valence-electron chi connectivity index (χ0n) is 11.0. The number of amides is 2. The number of halogens is 2. The third-order valence-electron chi connectivity index (χ3n) is 2.50. The maximum absolute atomic E-state index is 13.0. The second kappa shape index (κ2) is 6.26. The highest BCUT2D eigenvalue weighted by Crippen LogP contribution is 2.14. The summed E-state index contributed by atoms with van der Waals surface area (Å²) in [6, 6.07) is 2.33. The van der Waals surface area contributed by atoms with Crippen LogP contribution in [0.5, 0.6) is 0 Å². The largest absolute Gasteiger partial charge is 0.344 e. The van der Waals surface area contributed by atoms with Crippen molar-refractivity contribution < 1.29 is 18.4 Å². The van der Waals surface area contributed by atoms with E-state index in [4.69, 9.17) is 0 Å². The van der Waals surface area contributed by atoms with Gasteiger partial charge in [-0.2, -0.15) is 0 Å². The van der Waals surface area contributed by atoms with Crippen molar-refractivity contribution in [2.24, 2.45) is 5.92 Å². The van der Waals surface area contributed by atoms with Gasteiger partial charge in [0.15, 0.2) is 11.6 Å². The van der Waals surface area contributed by atoms with Gasteiger partial charge in [0.25, 0.3) is 0 Å². The van der Waals surface area contributed by atoms with Crippen LogP contribution in [0.25, 0.3) is 0 Å². The van der Waals surface area contributed by atoms with E-state index in [1.54, 1.807) is 13.8 Å². The number of rotatable bonds is 4. The summed E-state index contributed by atoms with van der Waals surface area (Å²) in [5.41, 5.74) is 0.139. The van der Waals surface area contributed by atoms with Crippen LogP contribution >= 0.6 is 0 Å². The van der Waals surface area contributed by atoms with Crippen molar-refractivity contribution in [3.05, 3.63) is 29.8 Å². The van der Waals surface area contributed by atoms with E-state index in [0.29, 0.717) is 0 Å². The van der Waals surface area contributed by atoms with Gasteiger partial charge in [0.05, 0.1) is 0 Å². The molecule has 0 radical (unpaired) electrons. The predicted octanol–water partition coefficient (Wildman–Crippen LogP) is 2.06. The molecule has 104 valence electrons. The summed E-state index contributed by atoms with van der Waals surface area (Å²) in [6.07, 6.45) is 0. The van der Waals surface area contributed by atoms with E-state index in [-0.39, 0.29) is 17.5 Å². The molecule has 1 atom stereocenters. The Bertz CT molecular complexity index is 490. The number of anilines is 1. The summed E-state index contributed by atoms with van der Waals surface area (Å²) in [5.74, 6) is -2.97. The zero-order valence-corrected chi connectivity index (χ0v) is 11.0. The molecule has 0 aliphatic carbocycles. The number of benzene rings is 1. The maximum Gasteiger partial charge on any atom is 0.247 e. The molecule has 0 unspecified atom stereocenters. The van der Waals surface area contributed by atoms with Crippen molar-refractivity contribution in [1.82, 2.24) is 5.32 Å². The third kappa shape index (κ3) is 4.31. The van der Waals surface area contributed by atoms with Crippen molar-refractivity contribution in [2.75, 3.05) is 5.32 Å². The van der Waals surface area contributed by atoms with Gasteiger partial charge in [-0.25, -0.2) is 8.78 Å². The Hall–Kier alpha value is -1.98. The molecular weight excluding hydrogens is 254 g/mol. The number of carbonyl (C=O) groups is 2. The lowest BCUT2D eigenvalue weighted by Crippen LogP contribution is -2.46. The van der Waals surface area contributed by atoms with Gasteiger partial charge in [0.1, 0.15) is 6.04 Å². The molecule has 0 fully saturated rings. The fourth-order valence-corrected chi connectivity index (χ4v) is 1.55. The van der Waals surface area contributed by atoms with E-state index < -0.39 is 23.6 Å². The number of nitrogens with one attached hydrogen (secondary N) is 2. The van der Waals surface area contributed by atoms with Crippen LogP contribution in [0.3, 0.4) is 0 Å². The minimum Gasteiger partial charge on any atom is -0.344 e. The van der Waals surface area contributed by atoms with Crippen molar-refractivity contribution in [3.8, 4) is 0 Å². The standard InChI is InChI=1S/C13H16F2N2O2/c1-7(2)12(16-8(3)18)13(19)17-9-4-5-10(14)11(15)6-9/h4-7,12H,1-3H3,(H,16,18)(H,17,19)/t12-/m0/s1. The summed E-state index contributed by atoms with van der Waals surface area (Å²) in [7, 11) is 0. The van der Waals surface area contributed by atoms with Crippen LogP contribution in [0.4, 0.5) is 14.5 Å². The van der Waals surface area contributed by atoms with Crippen LogP contribution in [0, 0.1) is 17.6 Å². The second-order valence-corrected chi connectivity index (χ2v) is 4.54. The molecule has 2 N–H and O–H groups in total. The minimum atomic E-state index is -1.04. The van der Waals surface area contributed by atoms with Gasteiger partial charge in [-0.05, 0) is 18.1 Å². The molecule has 0 aromatic heterocycles. The van der Waals surface area contributed by atoms with Crippen LogP contribution in [0.15, 0.2) is 18.2 Å². The first-order valence-electron chi connectivity index (χ1n) is 5.84. The molecular formula is C13H16F2N2O2. The molecule has 6 heteroatoms. The third-order valence-corrected chi connectivity index (χ3v) is 2.50. The lowest BCUT2D eigenvalue weighted by atomic mass is 10.0. The van der Waals surface area contributed by atoms with Crippen LogP contribution in [0.1, 0.15) is 20.8 Å². The van der Waals surface area contributed by atoms with Gasteiger partial charge >= 0.3 is 0 Å². The summed E-state index contributed by atoms with van der Waals surface area (Å²) >= 11 is 0.